The minimum atomic E-state index is 0.375. The fraction of sp³-hybridized carbons (Fsp3) is 1.00. The topological polar surface area (TPSA) is 55.4 Å². The summed E-state index contributed by atoms with van der Waals surface area (Å²) < 4.78 is 32.4. The monoisotopic (exact) mass is 747 g/mol. The van der Waals surface area contributed by atoms with Crippen molar-refractivity contribution in [1.82, 2.24) is 0 Å². The van der Waals surface area contributed by atoms with E-state index in [1.807, 2.05) is 27.7 Å². The second-order valence-corrected chi connectivity index (χ2v) is 17.6. The Bertz CT molecular complexity index is 634. The molecule has 0 unspecified atom stereocenters. The van der Waals surface area contributed by atoms with Crippen molar-refractivity contribution in [1.29, 1.82) is 0 Å². The van der Waals surface area contributed by atoms with Gasteiger partial charge in [-0.3, -0.25) is 0 Å². The first-order valence-corrected chi connectivity index (χ1v) is 22.1. The van der Waals surface area contributed by atoms with Gasteiger partial charge >= 0.3 is 0 Å². The highest BCUT2D eigenvalue weighted by molar-refractivity contribution is 4.72. The largest absolute Gasteiger partial charge is 0.379 e. The molecule has 0 amide bonds. The Kier molecular flexibility index (Phi) is 40.6. The molecule has 0 N–H and O–H groups in total. The van der Waals surface area contributed by atoms with Gasteiger partial charge in [-0.15, -0.1) is 0 Å². The van der Waals surface area contributed by atoms with E-state index in [1.165, 1.54) is 70.6 Å². The summed E-state index contributed by atoms with van der Waals surface area (Å²) in [4.78, 5) is 0. The summed E-state index contributed by atoms with van der Waals surface area (Å²) in [5.41, 5.74) is 0. The van der Waals surface area contributed by atoms with Crippen molar-refractivity contribution < 1.29 is 28.4 Å². The molecule has 0 aromatic heterocycles. The SMILES string of the molecule is CC(C)COC(C)C.CC(C)OC(C)C.CC(C)OCC1CC1.CC(C)OCC1CCC1.CC(C)OCC1CCCC1.CCC(CC)COC(C)C. The van der Waals surface area contributed by atoms with Crippen LogP contribution < -0.4 is 0 Å². The highest BCUT2D eigenvalue weighted by Gasteiger charge is 2.21. The van der Waals surface area contributed by atoms with Gasteiger partial charge in [0.1, 0.15) is 0 Å². The Morgan fingerprint density at radius 2 is 0.673 bits per heavy atom. The molecular weight excluding hydrogens is 649 g/mol. The molecule has 0 spiro atoms. The van der Waals surface area contributed by atoms with E-state index in [2.05, 4.69) is 96.9 Å². The molecule has 0 aliphatic heterocycles. The van der Waals surface area contributed by atoms with E-state index in [1.54, 1.807) is 0 Å². The minimum Gasteiger partial charge on any atom is -0.379 e. The Labute approximate surface area is 328 Å². The summed E-state index contributed by atoms with van der Waals surface area (Å²) in [7, 11) is 0. The van der Waals surface area contributed by atoms with Crippen molar-refractivity contribution in [2.45, 2.75) is 238 Å². The Morgan fingerprint density at radius 1 is 0.365 bits per heavy atom. The number of rotatable bonds is 19. The first-order chi connectivity index (χ1) is 24.3. The molecule has 6 heteroatoms. The highest BCUT2D eigenvalue weighted by atomic mass is 16.5. The van der Waals surface area contributed by atoms with Gasteiger partial charge in [-0.2, -0.15) is 0 Å². The van der Waals surface area contributed by atoms with Gasteiger partial charge in [-0.1, -0.05) is 59.8 Å². The summed E-state index contributed by atoms with van der Waals surface area (Å²) in [5.74, 6) is 4.12. The zero-order chi connectivity index (χ0) is 40.5. The van der Waals surface area contributed by atoms with Crippen LogP contribution in [0.4, 0.5) is 0 Å². The summed E-state index contributed by atoms with van der Waals surface area (Å²) in [6.07, 6.45) is 17.9. The zero-order valence-corrected chi connectivity index (χ0v) is 38.7. The molecular formula is C46H98O6. The molecule has 6 nitrogen and oxygen atoms in total. The van der Waals surface area contributed by atoms with Crippen LogP contribution in [0.2, 0.25) is 0 Å². The van der Waals surface area contributed by atoms with Crippen molar-refractivity contribution in [3.63, 3.8) is 0 Å². The first kappa shape index (κ1) is 56.1. The van der Waals surface area contributed by atoms with Crippen molar-refractivity contribution in [3.05, 3.63) is 0 Å². The molecule has 3 rings (SSSR count). The normalized spacial score (nSPS) is 16.0. The molecule has 3 fully saturated rings. The van der Waals surface area contributed by atoms with Gasteiger partial charge in [-0.05, 0) is 165 Å². The van der Waals surface area contributed by atoms with Crippen LogP contribution in [0.3, 0.4) is 0 Å². The summed E-state index contributed by atoms with van der Waals surface area (Å²) in [6, 6.07) is 0. The lowest BCUT2D eigenvalue weighted by atomic mass is 9.86. The van der Waals surface area contributed by atoms with Gasteiger partial charge in [0, 0.05) is 33.0 Å². The van der Waals surface area contributed by atoms with Crippen LogP contribution in [0.25, 0.3) is 0 Å². The van der Waals surface area contributed by atoms with Gasteiger partial charge in [0.25, 0.3) is 0 Å². The summed E-state index contributed by atoms with van der Waals surface area (Å²) in [6.45, 7) is 42.6. The maximum Gasteiger partial charge on any atom is 0.0522 e. The maximum absolute atomic E-state index is 5.53. The van der Waals surface area contributed by atoms with Crippen LogP contribution in [-0.4, -0.2) is 75.8 Å². The van der Waals surface area contributed by atoms with E-state index >= 15 is 0 Å². The minimum absolute atomic E-state index is 0.375. The molecule has 52 heavy (non-hydrogen) atoms. The van der Waals surface area contributed by atoms with Crippen molar-refractivity contribution in [3.8, 4) is 0 Å². The number of hydrogen-bond acceptors (Lipinski definition) is 6. The lowest BCUT2D eigenvalue weighted by Crippen LogP contribution is -2.19. The standard InChI is InChI=1S/C9H18O.C9H20O.C8H16O.C7H14O.C7H16O.C6H14O/c1-8(2)10-7-9-5-3-4-6-9;1-5-9(6-2)7-10-8(3)4;1-7(2)9-6-8-4-3-5-8;1-6(2)8-5-7-3-4-7;1-6(2)5-8-7(3)4;1-5(2)7-6(3)4/h8-9H,3-7H2,1-2H3;8-9H,5-7H2,1-4H3;7-8H,3-6H2,1-2H3;6-7H,3-5H2,1-2H3;6-7H,5H2,1-4H3;5-6H,1-4H3. The zero-order valence-electron chi connectivity index (χ0n) is 38.7. The second kappa shape index (κ2) is 37.7. The Balaban J connectivity index is -0.000000557. The summed E-state index contributed by atoms with van der Waals surface area (Å²) >= 11 is 0. The average Bonchev–Trinajstić information content (AvgIpc) is 3.70. The van der Waals surface area contributed by atoms with E-state index < -0.39 is 0 Å². The van der Waals surface area contributed by atoms with Gasteiger partial charge < -0.3 is 28.4 Å². The predicted octanol–water partition coefficient (Wildman–Crippen LogP) is 13.4. The van der Waals surface area contributed by atoms with Crippen LogP contribution in [0.15, 0.2) is 0 Å². The first-order valence-electron chi connectivity index (χ1n) is 22.1. The smallest absolute Gasteiger partial charge is 0.0522 e. The fourth-order valence-corrected chi connectivity index (χ4v) is 4.89. The van der Waals surface area contributed by atoms with E-state index in [4.69, 9.17) is 28.4 Å². The Hall–Kier alpha value is -0.240. The molecule has 0 heterocycles. The molecule has 0 atom stereocenters. The third-order valence-corrected chi connectivity index (χ3v) is 8.52. The summed E-state index contributed by atoms with van der Waals surface area (Å²) in [5, 5.41) is 0. The van der Waals surface area contributed by atoms with E-state index in [9.17, 15) is 0 Å². The van der Waals surface area contributed by atoms with Crippen LogP contribution >= 0.6 is 0 Å². The van der Waals surface area contributed by atoms with E-state index in [-0.39, 0.29) is 0 Å². The third kappa shape index (κ3) is 49.8. The maximum atomic E-state index is 5.53. The van der Waals surface area contributed by atoms with Crippen LogP contribution in [0, 0.1) is 29.6 Å². The van der Waals surface area contributed by atoms with Crippen molar-refractivity contribution in [2.75, 3.05) is 33.0 Å². The molecule has 3 aliphatic rings. The molecule has 0 radical (unpaired) electrons. The molecule has 318 valence electrons. The van der Waals surface area contributed by atoms with Crippen molar-refractivity contribution >= 4 is 0 Å². The molecule has 0 saturated heterocycles. The molecule has 3 saturated carbocycles. The second-order valence-electron chi connectivity index (χ2n) is 17.6. The fourth-order valence-electron chi connectivity index (χ4n) is 4.89. The molecule has 0 bridgehead atoms. The van der Waals surface area contributed by atoms with Gasteiger partial charge in [-0.25, -0.2) is 0 Å². The van der Waals surface area contributed by atoms with Crippen LogP contribution in [0.1, 0.15) is 195 Å². The molecule has 3 aliphatic carbocycles. The predicted molar refractivity (Wildman–Crippen MR) is 228 cm³/mol. The van der Waals surface area contributed by atoms with Crippen LogP contribution in [-0.2, 0) is 28.4 Å². The quantitative estimate of drug-likeness (QED) is 0.131. The lowest BCUT2D eigenvalue weighted by Gasteiger charge is -2.25. The van der Waals surface area contributed by atoms with Crippen LogP contribution in [0.5, 0.6) is 0 Å². The number of hydrogen-bond donors (Lipinski definition) is 0. The van der Waals surface area contributed by atoms with E-state index in [0.29, 0.717) is 48.6 Å². The van der Waals surface area contributed by atoms with Gasteiger partial charge in [0.15, 0.2) is 0 Å². The van der Waals surface area contributed by atoms with Crippen molar-refractivity contribution in [2.24, 2.45) is 29.6 Å². The van der Waals surface area contributed by atoms with Gasteiger partial charge in [0.2, 0.25) is 0 Å². The highest BCUT2D eigenvalue weighted by Crippen LogP contribution is 2.29. The third-order valence-electron chi connectivity index (χ3n) is 8.52. The Morgan fingerprint density at radius 3 is 0.865 bits per heavy atom. The van der Waals surface area contributed by atoms with Gasteiger partial charge in [0.05, 0.1) is 42.7 Å². The van der Waals surface area contributed by atoms with E-state index in [0.717, 1.165) is 56.7 Å². The average molecular weight is 747 g/mol. The molecule has 0 aromatic rings. The number of ether oxygens (including phenoxy) is 6. The molecule has 0 aromatic carbocycles. The lowest BCUT2D eigenvalue weighted by molar-refractivity contribution is 0.0296.